The van der Waals surface area contributed by atoms with E-state index in [0.717, 1.165) is 61.7 Å². The fourth-order valence-corrected chi connectivity index (χ4v) is 5.49. The quantitative estimate of drug-likeness (QED) is 0.189. The lowest BCUT2D eigenvalue weighted by molar-refractivity contribution is -0.143. The average molecular weight is 583 g/mol. The second-order valence-corrected chi connectivity index (χ2v) is 10.5. The van der Waals surface area contributed by atoms with Gasteiger partial charge in [0.2, 0.25) is 0 Å². The topological polar surface area (TPSA) is 13.1 Å². The first-order chi connectivity index (χ1) is 20.5. The molecule has 1 nitrogen and oxygen atoms in total. The SMILES string of the molecule is FC(F)(F)c1cc(-c2ccc3ccc(-c4ccc(-c5ccc6oc7ccccc7c6c5)cc4)cc3c2)cc(C(F)(F)F)c1. The van der Waals surface area contributed by atoms with Gasteiger partial charge in [0.15, 0.2) is 0 Å². The van der Waals surface area contributed by atoms with E-state index in [0.29, 0.717) is 5.39 Å². The van der Waals surface area contributed by atoms with Crippen molar-refractivity contribution in [2.75, 3.05) is 0 Å². The molecular formula is C36H20F6O. The Morgan fingerprint density at radius 1 is 0.372 bits per heavy atom. The molecular weight excluding hydrogens is 562 g/mol. The molecule has 0 N–H and O–H groups in total. The van der Waals surface area contributed by atoms with Crippen molar-refractivity contribution in [3.8, 4) is 33.4 Å². The van der Waals surface area contributed by atoms with Crippen LogP contribution in [-0.4, -0.2) is 0 Å². The van der Waals surface area contributed by atoms with Crippen LogP contribution in [0.3, 0.4) is 0 Å². The molecule has 0 amide bonds. The number of hydrogen-bond acceptors (Lipinski definition) is 1. The molecule has 1 aromatic heterocycles. The van der Waals surface area contributed by atoms with E-state index in [1.165, 1.54) is 6.07 Å². The first-order valence-corrected chi connectivity index (χ1v) is 13.4. The van der Waals surface area contributed by atoms with Crippen LogP contribution in [-0.2, 0) is 12.4 Å². The van der Waals surface area contributed by atoms with E-state index in [1.807, 2.05) is 78.9 Å². The van der Waals surface area contributed by atoms with Gasteiger partial charge in [-0.2, -0.15) is 26.3 Å². The van der Waals surface area contributed by atoms with Crippen molar-refractivity contribution < 1.29 is 30.8 Å². The minimum Gasteiger partial charge on any atom is -0.456 e. The average Bonchev–Trinajstić information content (AvgIpc) is 3.37. The molecule has 7 aromatic rings. The molecule has 0 atom stereocenters. The van der Waals surface area contributed by atoms with Crippen LogP contribution in [0.25, 0.3) is 66.1 Å². The number of hydrogen-bond donors (Lipinski definition) is 0. The number of halogens is 6. The van der Waals surface area contributed by atoms with Crippen molar-refractivity contribution in [3.63, 3.8) is 0 Å². The van der Waals surface area contributed by atoms with Gasteiger partial charge in [-0.1, -0.05) is 72.8 Å². The van der Waals surface area contributed by atoms with Crippen LogP contribution in [0.5, 0.6) is 0 Å². The molecule has 0 aliphatic rings. The normalized spacial score (nSPS) is 12.4. The predicted octanol–water partition coefficient (Wildman–Crippen LogP) is 11.8. The number of furan rings is 1. The Kier molecular flexibility index (Phi) is 6.09. The highest BCUT2D eigenvalue weighted by Crippen LogP contribution is 2.40. The second kappa shape index (κ2) is 9.76. The first-order valence-electron chi connectivity index (χ1n) is 13.4. The van der Waals surface area contributed by atoms with Crippen molar-refractivity contribution in [2.24, 2.45) is 0 Å². The molecule has 1 heterocycles. The molecule has 43 heavy (non-hydrogen) atoms. The van der Waals surface area contributed by atoms with Crippen molar-refractivity contribution in [1.82, 2.24) is 0 Å². The Labute approximate surface area is 241 Å². The Hall–Kier alpha value is -5.04. The summed E-state index contributed by atoms with van der Waals surface area (Å²) in [6, 6.07) is 34.2. The molecule has 0 fully saturated rings. The highest BCUT2D eigenvalue weighted by Gasteiger charge is 2.37. The number of alkyl halides is 6. The van der Waals surface area contributed by atoms with Crippen LogP contribution in [0, 0.1) is 0 Å². The molecule has 7 heteroatoms. The van der Waals surface area contributed by atoms with Gasteiger partial charge in [-0.25, -0.2) is 0 Å². The zero-order valence-corrected chi connectivity index (χ0v) is 22.2. The summed E-state index contributed by atoms with van der Waals surface area (Å²) in [7, 11) is 0. The van der Waals surface area contributed by atoms with Gasteiger partial charge in [-0.05, 0) is 92.7 Å². The van der Waals surface area contributed by atoms with Crippen LogP contribution >= 0.6 is 0 Å². The third kappa shape index (κ3) is 5.01. The molecule has 0 radical (unpaired) electrons. The maximum absolute atomic E-state index is 13.4. The van der Waals surface area contributed by atoms with E-state index in [2.05, 4.69) is 6.07 Å². The summed E-state index contributed by atoms with van der Waals surface area (Å²) in [4.78, 5) is 0. The summed E-state index contributed by atoms with van der Waals surface area (Å²) in [6.45, 7) is 0. The third-order valence-electron chi connectivity index (χ3n) is 7.69. The number of rotatable bonds is 3. The summed E-state index contributed by atoms with van der Waals surface area (Å²) in [6.07, 6.45) is -9.82. The molecule has 0 spiro atoms. The van der Waals surface area contributed by atoms with Crippen molar-refractivity contribution in [3.05, 3.63) is 132 Å². The van der Waals surface area contributed by atoms with Gasteiger partial charge in [0, 0.05) is 10.8 Å². The molecule has 0 unspecified atom stereocenters. The smallest absolute Gasteiger partial charge is 0.416 e. The van der Waals surface area contributed by atoms with Crippen LogP contribution in [0.2, 0.25) is 0 Å². The molecule has 7 rings (SSSR count). The van der Waals surface area contributed by atoms with Gasteiger partial charge in [-0.15, -0.1) is 0 Å². The molecule has 0 bridgehead atoms. The zero-order valence-electron chi connectivity index (χ0n) is 22.2. The van der Waals surface area contributed by atoms with E-state index < -0.39 is 23.5 Å². The van der Waals surface area contributed by atoms with Gasteiger partial charge in [0.25, 0.3) is 0 Å². The second-order valence-electron chi connectivity index (χ2n) is 10.5. The third-order valence-corrected chi connectivity index (χ3v) is 7.69. The van der Waals surface area contributed by atoms with Crippen LogP contribution < -0.4 is 0 Å². The number of benzene rings is 6. The lowest BCUT2D eigenvalue weighted by Crippen LogP contribution is -2.11. The van der Waals surface area contributed by atoms with E-state index in [4.69, 9.17) is 4.42 Å². The highest BCUT2D eigenvalue weighted by atomic mass is 19.4. The van der Waals surface area contributed by atoms with E-state index >= 15 is 0 Å². The summed E-state index contributed by atoms with van der Waals surface area (Å²) in [5.41, 5.74) is 2.92. The molecule has 6 aromatic carbocycles. The van der Waals surface area contributed by atoms with E-state index in [9.17, 15) is 26.3 Å². The van der Waals surface area contributed by atoms with Crippen molar-refractivity contribution in [1.29, 1.82) is 0 Å². The Morgan fingerprint density at radius 2 is 0.860 bits per heavy atom. The Morgan fingerprint density at radius 3 is 1.47 bits per heavy atom. The summed E-state index contributed by atoms with van der Waals surface area (Å²) < 4.78 is 86.5. The monoisotopic (exact) mass is 582 g/mol. The van der Waals surface area contributed by atoms with E-state index in [1.54, 1.807) is 12.1 Å². The standard InChI is InChI=1S/C36H20F6O/c37-35(38,39)29-17-28(18-30(20-29)36(40,41)42)25-12-10-23-9-11-24(15-27(23)16-25)21-5-7-22(8-6-21)26-13-14-34-32(19-26)31-3-1-2-4-33(31)43-34/h1-20H. The molecule has 0 saturated heterocycles. The summed E-state index contributed by atoms with van der Waals surface area (Å²) in [5.74, 6) is 0. The zero-order chi connectivity index (χ0) is 29.9. The predicted molar refractivity (Wildman–Crippen MR) is 158 cm³/mol. The lowest BCUT2D eigenvalue weighted by Gasteiger charge is -2.15. The summed E-state index contributed by atoms with van der Waals surface area (Å²) >= 11 is 0. The van der Waals surface area contributed by atoms with Gasteiger partial charge in [0.05, 0.1) is 11.1 Å². The maximum Gasteiger partial charge on any atom is 0.416 e. The van der Waals surface area contributed by atoms with E-state index in [-0.39, 0.29) is 17.2 Å². The summed E-state index contributed by atoms with van der Waals surface area (Å²) in [5, 5.41) is 3.59. The fourth-order valence-electron chi connectivity index (χ4n) is 5.49. The molecule has 0 aliphatic heterocycles. The van der Waals surface area contributed by atoms with Gasteiger partial charge in [0.1, 0.15) is 11.2 Å². The highest BCUT2D eigenvalue weighted by molar-refractivity contribution is 6.06. The first kappa shape index (κ1) is 26.8. The molecule has 0 aliphatic carbocycles. The van der Waals surface area contributed by atoms with Gasteiger partial charge < -0.3 is 4.42 Å². The van der Waals surface area contributed by atoms with Crippen molar-refractivity contribution >= 4 is 32.7 Å². The Balaban J connectivity index is 1.24. The van der Waals surface area contributed by atoms with Gasteiger partial charge in [-0.3, -0.25) is 0 Å². The minimum absolute atomic E-state index is 0.141. The molecule has 212 valence electrons. The van der Waals surface area contributed by atoms with Crippen LogP contribution in [0.15, 0.2) is 126 Å². The lowest BCUT2D eigenvalue weighted by atomic mass is 9.94. The van der Waals surface area contributed by atoms with Crippen LogP contribution in [0.4, 0.5) is 26.3 Å². The molecule has 0 saturated carbocycles. The Bertz CT molecular complexity index is 2120. The maximum atomic E-state index is 13.4. The van der Waals surface area contributed by atoms with Gasteiger partial charge >= 0.3 is 12.4 Å². The number of fused-ring (bicyclic) bond motifs is 4. The van der Waals surface area contributed by atoms with Crippen LogP contribution in [0.1, 0.15) is 11.1 Å². The number of para-hydroxylation sites is 1. The largest absolute Gasteiger partial charge is 0.456 e. The van der Waals surface area contributed by atoms with Crippen molar-refractivity contribution in [2.45, 2.75) is 12.4 Å². The fraction of sp³-hybridized carbons (Fsp3) is 0.0556. The minimum atomic E-state index is -4.91.